The lowest BCUT2D eigenvalue weighted by Crippen LogP contribution is -2.50. The van der Waals surface area contributed by atoms with Crippen LogP contribution < -0.4 is 4.74 Å². The van der Waals surface area contributed by atoms with E-state index in [0.29, 0.717) is 5.56 Å². The monoisotopic (exact) mass is 331 g/mol. The fourth-order valence-corrected chi connectivity index (χ4v) is 3.13. The van der Waals surface area contributed by atoms with Gasteiger partial charge in [-0.3, -0.25) is 9.69 Å². The summed E-state index contributed by atoms with van der Waals surface area (Å²) in [6, 6.07) is 7.30. The first-order chi connectivity index (χ1) is 11.7. The number of carbonyl (C=O) groups excluding carboxylic acids is 1. The van der Waals surface area contributed by atoms with Gasteiger partial charge in [-0.15, -0.1) is 0 Å². The molecule has 1 aromatic rings. The standard InChI is InChI=1S/C18H25N3O3/c1-3-15-12-17(24-19-15)13-20-8-10-21(11-9-20)18(22)14-4-6-16(23-2)7-5-14/h4-7,17H,3,8-13H2,1-2H3/t17-/m1/s1. The lowest BCUT2D eigenvalue weighted by Gasteiger charge is -2.35. The van der Waals surface area contributed by atoms with E-state index in [1.54, 1.807) is 7.11 Å². The minimum atomic E-state index is 0.0889. The van der Waals surface area contributed by atoms with E-state index in [-0.39, 0.29) is 12.0 Å². The van der Waals surface area contributed by atoms with Gasteiger partial charge in [-0.25, -0.2) is 0 Å². The van der Waals surface area contributed by atoms with Crippen LogP contribution in [0.5, 0.6) is 5.75 Å². The highest BCUT2D eigenvalue weighted by molar-refractivity contribution is 5.94. The molecule has 0 saturated carbocycles. The topological polar surface area (TPSA) is 54.4 Å². The SMILES string of the molecule is CCC1=NO[C@@H](CN2CCN(C(=O)c3ccc(OC)cc3)CC2)C1. The van der Waals surface area contributed by atoms with Gasteiger partial charge in [0, 0.05) is 44.7 Å². The fraction of sp³-hybridized carbons (Fsp3) is 0.556. The van der Waals surface area contributed by atoms with Crippen LogP contribution in [0.3, 0.4) is 0 Å². The molecule has 3 rings (SSSR count). The normalized spacial score (nSPS) is 21.3. The second-order valence-electron chi connectivity index (χ2n) is 6.26. The second kappa shape index (κ2) is 7.66. The predicted molar refractivity (Wildman–Crippen MR) is 92.6 cm³/mol. The number of nitrogens with zero attached hydrogens (tertiary/aromatic N) is 3. The maximum absolute atomic E-state index is 12.6. The number of rotatable bonds is 5. The Morgan fingerprint density at radius 2 is 1.96 bits per heavy atom. The molecule has 130 valence electrons. The maximum atomic E-state index is 12.6. The Labute approximate surface area is 143 Å². The molecule has 0 spiro atoms. The van der Waals surface area contributed by atoms with Crippen LogP contribution in [0.4, 0.5) is 0 Å². The van der Waals surface area contributed by atoms with Crippen molar-refractivity contribution in [3.63, 3.8) is 0 Å². The third kappa shape index (κ3) is 3.87. The highest BCUT2D eigenvalue weighted by Crippen LogP contribution is 2.17. The first-order valence-corrected chi connectivity index (χ1v) is 8.57. The first kappa shape index (κ1) is 16.8. The third-order valence-electron chi connectivity index (χ3n) is 4.66. The summed E-state index contributed by atoms with van der Waals surface area (Å²) < 4.78 is 5.13. The molecule has 1 aromatic carbocycles. The quantitative estimate of drug-likeness (QED) is 0.828. The second-order valence-corrected chi connectivity index (χ2v) is 6.26. The number of oxime groups is 1. The van der Waals surface area contributed by atoms with Crippen molar-refractivity contribution in [1.29, 1.82) is 0 Å². The van der Waals surface area contributed by atoms with E-state index >= 15 is 0 Å². The minimum absolute atomic E-state index is 0.0889. The Bertz CT molecular complexity index is 592. The Hall–Kier alpha value is -2.08. The van der Waals surface area contributed by atoms with Gasteiger partial charge in [-0.2, -0.15) is 0 Å². The van der Waals surface area contributed by atoms with E-state index in [0.717, 1.165) is 57.0 Å². The van der Waals surface area contributed by atoms with Crippen LogP contribution in [0.2, 0.25) is 0 Å². The molecule has 2 aliphatic rings. The van der Waals surface area contributed by atoms with E-state index in [2.05, 4.69) is 17.0 Å². The van der Waals surface area contributed by atoms with E-state index in [9.17, 15) is 4.79 Å². The van der Waals surface area contributed by atoms with Crippen LogP contribution in [0.1, 0.15) is 30.1 Å². The van der Waals surface area contributed by atoms with Crippen molar-refractivity contribution in [2.45, 2.75) is 25.9 Å². The maximum Gasteiger partial charge on any atom is 0.253 e. The van der Waals surface area contributed by atoms with Crippen molar-refractivity contribution in [3.05, 3.63) is 29.8 Å². The van der Waals surface area contributed by atoms with Gasteiger partial charge in [0.05, 0.1) is 12.8 Å². The first-order valence-electron chi connectivity index (χ1n) is 8.57. The largest absolute Gasteiger partial charge is 0.497 e. The summed E-state index contributed by atoms with van der Waals surface area (Å²) >= 11 is 0. The van der Waals surface area contributed by atoms with Crippen LogP contribution in [0.15, 0.2) is 29.4 Å². The summed E-state index contributed by atoms with van der Waals surface area (Å²) in [6.45, 7) is 6.25. The number of methoxy groups -OCH3 is 1. The number of hydrogen-bond donors (Lipinski definition) is 0. The molecule has 2 aliphatic heterocycles. The van der Waals surface area contributed by atoms with Crippen molar-refractivity contribution in [2.24, 2.45) is 5.16 Å². The predicted octanol–water partition coefficient (Wildman–Crippen LogP) is 2.01. The molecule has 1 amide bonds. The Balaban J connectivity index is 1.47. The van der Waals surface area contributed by atoms with Crippen LogP contribution in [0, 0.1) is 0 Å². The average molecular weight is 331 g/mol. The number of carbonyl (C=O) groups is 1. The van der Waals surface area contributed by atoms with Crippen molar-refractivity contribution in [3.8, 4) is 5.75 Å². The number of ether oxygens (including phenoxy) is 1. The molecule has 1 saturated heterocycles. The number of benzene rings is 1. The molecule has 0 bridgehead atoms. The molecule has 24 heavy (non-hydrogen) atoms. The molecule has 0 N–H and O–H groups in total. The molecule has 0 aromatic heterocycles. The molecule has 6 nitrogen and oxygen atoms in total. The van der Waals surface area contributed by atoms with E-state index < -0.39 is 0 Å². The highest BCUT2D eigenvalue weighted by atomic mass is 16.6. The average Bonchev–Trinajstić information content (AvgIpc) is 3.09. The highest BCUT2D eigenvalue weighted by Gasteiger charge is 2.27. The number of hydrogen-bond acceptors (Lipinski definition) is 5. The minimum Gasteiger partial charge on any atom is -0.497 e. The zero-order chi connectivity index (χ0) is 16.9. The smallest absolute Gasteiger partial charge is 0.253 e. The van der Waals surface area contributed by atoms with Gasteiger partial charge in [0.25, 0.3) is 5.91 Å². The Morgan fingerprint density at radius 3 is 2.54 bits per heavy atom. The summed E-state index contributed by atoms with van der Waals surface area (Å²) in [5.41, 5.74) is 1.86. The van der Waals surface area contributed by atoms with Gasteiger partial charge in [-0.05, 0) is 30.7 Å². The van der Waals surface area contributed by atoms with Crippen molar-refractivity contribution < 1.29 is 14.4 Å². The molecule has 0 aliphatic carbocycles. The molecule has 0 radical (unpaired) electrons. The van der Waals surface area contributed by atoms with Gasteiger partial charge in [0.15, 0.2) is 0 Å². The molecular weight excluding hydrogens is 306 g/mol. The van der Waals surface area contributed by atoms with Crippen LogP contribution >= 0.6 is 0 Å². The molecule has 1 atom stereocenters. The molecular formula is C18H25N3O3. The van der Waals surface area contributed by atoms with Crippen molar-refractivity contribution >= 4 is 11.6 Å². The summed E-state index contributed by atoms with van der Waals surface area (Å²) in [5, 5.41) is 4.11. The summed E-state index contributed by atoms with van der Waals surface area (Å²) in [5.74, 6) is 0.854. The summed E-state index contributed by atoms with van der Waals surface area (Å²) in [4.78, 5) is 22.3. The van der Waals surface area contributed by atoms with Crippen molar-refractivity contribution in [2.75, 3.05) is 39.8 Å². The van der Waals surface area contributed by atoms with Crippen LogP contribution in [0.25, 0.3) is 0 Å². The van der Waals surface area contributed by atoms with Gasteiger partial charge in [0.1, 0.15) is 11.9 Å². The number of piperazine rings is 1. The Morgan fingerprint density at radius 1 is 1.25 bits per heavy atom. The van der Waals surface area contributed by atoms with Gasteiger partial charge < -0.3 is 14.5 Å². The lowest BCUT2D eigenvalue weighted by atomic mass is 10.1. The van der Waals surface area contributed by atoms with Crippen LogP contribution in [-0.2, 0) is 4.84 Å². The van der Waals surface area contributed by atoms with E-state index in [4.69, 9.17) is 9.57 Å². The molecule has 0 unspecified atom stereocenters. The molecule has 6 heteroatoms. The lowest BCUT2D eigenvalue weighted by molar-refractivity contribution is 0.0324. The molecule has 2 heterocycles. The van der Waals surface area contributed by atoms with Crippen molar-refractivity contribution in [1.82, 2.24) is 9.80 Å². The Kier molecular flexibility index (Phi) is 5.35. The van der Waals surface area contributed by atoms with Gasteiger partial charge in [-0.1, -0.05) is 12.1 Å². The van der Waals surface area contributed by atoms with Crippen LogP contribution in [-0.4, -0.2) is 67.4 Å². The fourth-order valence-electron chi connectivity index (χ4n) is 3.13. The summed E-state index contributed by atoms with van der Waals surface area (Å²) in [7, 11) is 1.62. The van der Waals surface area contributed by atoms with Gasteiger partial charge >= 0.3 is 0 Å². The zero-order valence-electron chi connectivity index (χ0n) is 14.4. The zero-order valence-corrected chi connectivity index (χ0v) is 14.4. The van der Waals surface area contributed by atoms with E-state index in [1.165, 1.54) is 0 Å². The van der Waals surface area contributed by atoms with E-state index in [1.807, 2.05) is 29.2 Å². The third-order valence-corrected chi connectivity index (χ3v) is 4.66. The number of amides is 1. The molecule has 1 fully saturated rings. The summed E-state index contributed by atoms with van der Waals surface area (Å²) in [6.07, 6.45) is 2.06. The van der Waals surface area contributed by atoms with Gasteiger partial charge in [0.2, 0.25) is 0 Å².